The largest absolute Gasteiger partial charge is 0.480 e. The van der Waals surface area contributed by atoms with Gasteiger partial charge in [-0.2, -0.15) is 0 Å². The molecule has 0 aromatic heterocycles. The lowest BCUT2D eigenvalue weighted by Crippen LogP contribution is -2.43. The molecule has 0 aliphatic carbocycles. The monoisotopic (exact) mass is 315 g/mol. The quantitative estimate of drug-likeness (QED) is 0.825. The van der Waals surface area contributed by atoms with Gasteiger partial charge in [-0.15, -0.1) is 0 Å². The number of alkyl halides is 1. The summed E-state index contributed by atoms with van der Waals surface area (Å²) in [6.07, 6.45) is 0.235. The number of hydrogen-bond donors (Lipinski definition) is 2. The molecule has 4 nitrogen and oxygen atoms in total. The first-order valence-corrected chi connectivity index (χ1v) is 7.28. The normalized spacial score (nSPS) is 11.7. The average Bonchev–Trinajstić information content (AvgIpc) is 2.55. The number of nitrogens with one attached hydrogen (secondary N) is 1. The Bertz CT molecular complexity index is 673. The molecule has 0 fully saturated rings. The highest BCUT2D eigenvalue weighted by Gasteiger charge is 2.20. The summed E-state index contributed by atoms with van der Waals surface area (Å²) in [6.45, 7) is -0.605. The summed E-state index contributed by atoms with van der Waals surface area (Å²) < 4.78 is 12.7. The number of carboxylic acid groups (broad SMARTS) is 1. The van der Waals surface area contributed by atoms with Crippen LogP contribution < -0.4 is 5.32 Å². The number of carbonyl (C=O) groups excluding carboxylic acids is 1. The van der Waals surface area contributed by atoms with Gasteiger partial charge in [0, 0.05) is 6.42 Å². The highest BCUT2D eigenvalue weighted by atomic mass is 19.1. The number of hydrogen-bond acceptors (Lipinski definition) is 2. The lowest BCUT2D eigenvalue weighted by Gasteiger charge is -2.15. The predicted molar refractivity (Wildman–Crippen MR) is 84.7 cm³/mol. The van der Waals surface area contributed by atoms with Crippen molar-refractivity contribution in [2.45, 2.75) is 25.6 Å². The Morgan fingerprint density at radius 1 is 1.00 bits per heavy atom. The molecule has 1 unspecified atom stereocenters. The van der Waals surface area contributed by atoms with Crippen LogP contribution >= 0.6 is 0 Å². The molecule has 0 radical (unpaired) electrons. The van der Waals surface area contributed by atoms with Crippen LogP contribution in [0, 0.1) is 0 Å². The molecule has 23 heavy (non-hydrogen) atoms. The molecule has 2 aromatic carbocycles. The van der Waals surface area contributed by atoms with Crippen molar-refractivity contribution in [3.63, 3.8) is 0 Å². The van der Waals surface area contributed by atoms with E-state index in [1.54, 1.807) is 36.4 Å². The zero-order valence-corrected chi connectivity index (χ0v) is 12.5. The van der Waals surface area contributed by atoms with Crippen molar-refractivity contribution in [2.75, 3.05) is 0 Å². The predicted octanol–water partition coefficient (Wildman–Crippen LogP) is 2.51. The van der Waals surface area contributed by atoms with Crippen LogP contribution in [0.1, 0.15) is 16.7 Å². The second-order valence-corrected chi connectivity index (χ2v) is 5.28. The Balaban J connectivity index is 2.00. The maximum atomic E-state index is 12.7. The van der Waals surface area contributed by atoms with E-state index in [0.717, 1.165) is 5.56 Å². The first kappa shape index (κ1) is 16.7. The van der Waals surface area contributed by atoms with Crippen molar-refractivity contribution in [3.05, 3.63) is 71.3 Å². The van der Waals surface area contributed by atoms with Crippen molar-refractivity contribution < 1.29 is 19.1 Å². The van der Waals surface area contributed by atoms with E-state index < -0.39 is 18.7 Å². The Morgan fingerprint density at radius 2 is 1.65 bits per heavy atom. The standard InChI is InChI=1S/C18H18FNO3/c19-12-15-8-4-7-14(9-15)10-16(18(22)23)20-17(21)11-13-5-2-1-3-6-13/h1-9,16H,10-12H2,(H,20,21)(H,22,23). The fourth-order valence-corrected chi connectivity index (χ4v) is 2.30. The van der Waals surface area contributed by atoms with Crippen LogP contribution in [0.3, 0.4) is 0 Å². The van der Waals surface area contributed by atoms with Crippen LogP contribution in [0.25, 0.3) is 0 Å². The minimum atomic E-state index is -1.11. The zero-order valence-electron chi connectivity index (χ0n) is 12.5. The third-order valence-electron chi connectivity index (χ3n) is 3.43. The van der Waals surface area contributed by atoms with Gasteiger partial charge in [-0.25, -0.2) is 9.18 Å². The van der Waals surface area contributed by atoms with Crippen LogP contribution in [-0.4, -0.2) is 23.0 Å². The number of amides is 1. The molecular weight excluding hydrogens is 297 g/mol. The van der Waals surface area contributed by atoms with E-state index in [1.165, 1.54) is 0 Å². The number of halogens is 1. The summed E-state index contributed by atoms with van der Waals surface area (Å²) in [5.41, 5.74) is 1.98. The number of carboxylic acids is 1. The van der Waals surface area contributed by atoms with Gasteiger partial charge in [-0.1, -0.05) is 54.6 Å². The fraction of sp³-hybridized carbons (Fsp3) is 0.222. The topological polar surface area (TPSA) is 66.4 Å². The summed E-state index contributed by atoms with van der Waals surface area (Å²) in [7, 11) is 0. The van der Waals surface area contributed by atoms with E-state index in [1.807, 2.05) is 18.2 Å². The minimum Gasteiger partial charge on any atom is -0.480 e. The highest BCUT2D eigenvalue weighted by Crippen LogP contribution is 2.10. The molecule has 0 bridgehead atoms. The number of rotatable bonds is 7. The van der Waals surface area contributed by atoms with Crippen molar-refractivity contribution in [3.8, 4) is 0 Å². The summed E-state index contributed by atoms with van der Waals surface area (Å²) in [4.78, 5) is 23.4. The Hall–Kier alpha value is -2.69. The molecule has 0 heterocycles. The lowest BCUT2D eigenvalue weighted by atomic mass is 10.0. The van der Waals surface area contributed by atoms with Gasteiger partial charge < -0.3 is 10.4 Å². The van der Waals surface area contributed by atoms with Gasteiger partial charge >= 0.3 is 5.97 Å². The second-order valence-electron chi connectivity index (χ2n) is 5.28. The van der Waals surface area contributed by atoms with E-state index in [0.29, 0.717) is 11.1 Å². The maximum absolute atomic E-state index is 12.7. The Labute approximate surface area is 134 Å². The van der Waals surface area contributed by atoms with Gasteiger partial charge in [-0.05, 0) is 16.7 Å². The first-order valence-electron chi connectivity index (χ1n) is 7.28. The van der Waals surface area contributed by atoms with Crippen molar-refractivity contribution >= 4 is 11.9 Å². The molecule has 0 aliphatic heterocycles. The van der Waals surface area contributed by atoms with Gasteiger partial charge in [0.05, 0.1) is 6.42 Å². The molecule has 0 saturated carbocycles. The van der Waals surface area contributed by atoms with Crippen LogP contribution in [-0.2, 0) is 29.1 Å². The Morgan fingerprint density at radius 3 is 2.30 bits per heavy atom. The van der Waals surface area contributed by atoms with E-state index in [4.69, 9.17) is 0 Å². The van der Waals surface area contributed by atoms with E-state index in [2.05, 4.69) is 5.32 Å². The van der Waals surface area contributed by atoms with Crippen LogP contribution in [0.5, 0.6) is 0 Å². The lowest BCUT2D eigenvalue weighted by molar-refractivity contribution is -0.141. The average molecular weight is 315 g/mol. The zero-order chi connectivity index (χ0) is 16.7. The molecule has 0 saturated heterocycles. The molecular formula is C18H18FNO3. The molecule has 2 N–H and O–H groups in total. The van der Waals surface area contributed by atoms with Gasteiger partial charge in [0.2, 0.25) is 5.91 Å². The van der Waals surface area contributed by atoms with E-state index in [-0.39, 0.29) is 18.7 Å². The smallest absolute Gasteiger partial charge is 0.326 e. The molecule has 0 aliphatic rings. The molecule has 2 aromatic rings. The van der Waals surface area contributed by atoms with Crippen molar-refractivity contribution in [1.82, 2.24) is 5.32 Å². The van der Waals surface area contributed by atoms with Gasteiger partial charge in [-0.3, -0.25) is 4.79 Å². The van der Waals surface area contributed by atoms with E-state index >= 15 is 0 Å². The third-order valence-corrected chi connectivity index (χ3v) is 3.43. The summed E-state index contributed by atoms with van der Waals surface area (Å²) in [5.74, 6) is -1.47. The fourth-order valence-electron chi connectivity index (χ4n) is 2.30. The van der Waals surface area contributed by atoms with Gasteiger partial charge in [0.1, 0.15) is 12.7 Å². The van der Waals surface area contributed by atoms with Crippen LogP contribution in [0.2, 0.25) is 0 Å². The molecule has 0 spiro atoms. The van der Waals surface area contributed by atoms with Crippen LogP contribution in [0.4, 0.5) is 4.39 Å². The second kappa shape index (κ2) is 8.08. The Kier molecular flexibility index (Phi) is 5.86. The van der Waals surface area contributed by atoms with E-state index in [9.17, 15) is 19.1 Å². The number of benzene rings is 2. The molecule has 120 valence electrons. The minimum absolute atomic E-state index is 0.115. The van der Waals surface area contributed by atoms with Crippen LogP contribution in [0.15, 0.2) is 54.6 Å². The first-order chi connectivity index (χ1) is 11.1. The van der Waals surface area contributed by atoms with Crippen molar-refractivity contribution in [1.29, 1.82) is 0 Å². The molecule has 2 rings (SSSR count). The SMILES string of the molecule is O=C(Cc1ccccc1)NC(Cc1cccc(CF)c1)C(=O)O. The number of carbonyl (C=O) groups is 2. The van der Waals surface area contributed by atoms with Crippen molar-refractivity contribution in [2.24, 2.45) is 0 Å². The highest BCUT2D eigenvalue weighted by molar-refractivity contribution is 5.85. The number of aliphatic carboxylic acids is 1. The van der Waals surface area contributed by atoms with Gasteiger partial charge in [0.15, 0.2) is 0 Å². The molecule has 5 heteroatoms. The third kappa shape index (κ3) is 5.21. The summed E-state index contributed by atoms with van der Waals surface area (Å²) in [5, 5.41) is 11.8. The maximum Gasteiger partial charge on any atom is 0.326 e. The molecule has 1 amide bonds. The summed E-state index contributed by atoms with van der Waals surface area (Å²) >= 11 is 0. The molecule has 1 atom stereocenters. The summed E-state index contributed by atoms with van der Waals surface area (Å²) in [6, 6.07) is 14.7. The van der Waals surface area contributed by atoms with Gasteiger partial charge in [0.25, 0.3) is 0 Å².